The summed E-state index contributed by atoms with van der Waals surface area (Å²) in [6.07, 6.45) is 0.199. The van der Waals surface area contributed by atoms with E-state index in [-0.39, 0.29) is 18.0 Å². The van der Waals surface area contributed by atoms with Crippen LogP contribution in [0.5, 0.6) is 0 Å². The fourth-order valence-corrected chi connectivity index (χ4v) is 2.79. The maximum atomic E-state index is 13.0. The summed E-state index contributed by atoms with van der Waals surface area (Å²) in [4.78, 5) is 2.38. The molecule has 1 aliphatic rings. The highest BCUT2D eigenvalue weighted by molar-refractivity contribution is 6.31. The normalized spacial score (nSPS) is 21.9. The predicted molar refractivity (Wildman–Crippen MR) is 79.7 cm³/mol. The first-order valence-corrected chi connectivity index (χ1v) is 7.50. The molecule has 20 heavy (non-hydrogen) atoms. The van der Waals surface area contributed by atoms with Crippen LogP contribution >= 0.6 is 11.6 Å². The van der Waals surface area contributed by atoms with E-state index in [1.807, 2.05) is 6.92 Å². The van der Waals surface area contributed by atoms with Gasteiger partial charge in [0.2, 0.25) is 0 Å². The number of nitrogens with zero attached hydrogens (tertiary/aromatic N) is 1. The zero-order chi connectivity index (χ0) is 14.5. The Morgan fingerprint density at radius 3 is 3.05 bits per heavy atom. The van der Waals surface area contributed by atoms with Crippen LogP contribution in [0, 0.1) is 5.82 Å². The van der Waals surface area contributed by atoms with Gasteiger partial charge in [-0.3, -0.25) is 4.90 Å². The summed E-state index contributed by atoms with van der Waals surface area (Å²) in [6.45, 7) is 8.76. The molecule has 5 heteroatoms. The van der Waals surface area contributed by atoms with Gasteiger partial charge in [0.15, 0.2) is 0 Å². The zero-order valence-electron chi connectivity index (χ0n) is 12.0. The molecule has 2 atom stereocenters. The summed E-state index contributed by atoms with van der Waals surface area (Å²) in [5.41, 5.74) is 0.913. The van der Waals surface area contributed by atoms with Crippen LogP contribution in [-0.2, 0) is 4.74 Å². The van der Waals surface area contributed by atoms with Crippen LogP contribution in [-0.4, -0.2) is 43.8 Å². The van der Waals surface area contributed by atoms with E-state index in [1.165, 1.54) is 12.1 Å². The third-order valence-electron chi connectivity index (χ3n) is 3.75. The second kappa shape index (κ2) is 7.36. The fourth-order valence-electron chi connectivity index (χ4n) is 2.46. The fraction of sp³-hybridized carbons (Fsp3) is 0.600. The highest BCUT2D eigenvalue weighted by Crippen LogP contribution is 2.23. The molecule has 1 N–H and O–H groups in total. The number of nitrogens with one attached hydrogen (secondary N) is 1. The van der Waals surface area contributed by atoms with Gasteiger partial charge in [-0.05, 0) is 31.2 Å². The Morgan fingerprint density at radius 1 is 1.55 bits per heavy atom. The monoisotopic (exact) mass is 300 g/mol. The average Bonchev–Trinajstić information content (AvgIpc) is 2.45. The molecule has 0 spiro atoms. The Labute approximate surface area is 125 Å². The molecule has 1 fully saturated rings. The summed E-state index contributed by atoms with van der Waals surface area (Å²) < 4.78 is 18.8. The van der Waals surface area contributed by atoms with E-state index in [9.17, 15) is 4.39 Å². The van der Waals surface area contributed by atoms with Gasteiger partial charge in [0, 0.05) is 30.7 Å². The predicted octanol–water partition coefficient (Wildman–Crippen LogP) is 2.85. The van der Waals surface area contributed by atoms with Gasteiger partial charge in [-0.15, -0.1) is 0 Å². The highest BCUT2D eigenvalue weighted by Gasteiger charge is 2.20. The minimum absolute atomic E-state index is 0.0729. The molecule has 1 aliphatic heterocycles. The Balaban J connectivity index is 1.86. The van der Waals surface area contributed by atoms with Crippen LogP contribution in [0.3, 0.4) is 0 Å². The van der Waals surface area contributed by atoms with Crippen molar-refractivity contribution in [3.63, 3.8) is 0 Å². The Kier molecular flexibility index (Phi) is 5.78. The van der Waals surface area contributed by atoms with Gasteiger partial charge < -0.3 is 10.1 Å². The van der Waals surface area contributed by atoms with E-state index in [0.29, 0.717) is 5.02 Å². The van der Waals surface area contributed by atoms with Gasteiger partial charge in [-0.1, -0.05) is 24.6 Å². The topological polar surface area (TPSA) is 24.5 Å². The Bertz CT molecular complexity index is 444. The van der Waals surface area contributed by atoms with Gasteiger partial charge in [0.25, 0.3) is 0 Å². The first kappa shape index (κ1) is 15.7. The molecule has 1 heterocycles. The summed E-state index contributed by atoms with van der Waals surface area (Å²) in [5, 5.41) is 3.88. The summed E-state index contributed by atoms with van der Waals surface area (Å²) in [6, 6.07) is 4.60. The third-order valence-corrected chi connectivity index (χ3v) is 4.08. The van der Waals surface area contributed by atoms with Crippen LogP contribution in [0.15, 0.2) is 18.2 Å². The molecule has 0 amide bonds. The van der Waals surface area contributed by atoms with Crippen molar-refractivity contribution in [2.24, 2.45) is 0 Å². The van der Waals surface area contributed by atoms with Gasteiger partial charge in [0.1, 0.15) is 5.82 Å². The molecule has 0 bridgehead atoms. The summed E-state index contributed by atoms with van der Waals surface area (Å²) >= 11 is 6.07. The number of halogens is 2. The zero-order valence-corrected chi connectivity index (χ0v) is 12.8. The lowest BCUT2D eigenvalue weighted by Crippen LogP contribution is -2.46. The van der Waals surface area contributed by atoms with Crippen molar-refractivity contribution in [2.45, 2.75) is 26.0 Å². The second-order valence-corrected chi connectivity index (χ2v) is 5.59. The molecule has 0 aromatic heterocycles. The van der Waals surface area contributed by atoms with Gasteiger partial charge >= 0.3 is 0 Å². The lowest BCUT2D eigenvalue weighted by molar-refractivity contribution is -0.0262. The number of ether oxygens (including phenoxy) is 1. The number of rotatable bonds is 5. The molecule has 3 nitrogen and oxygen atoms in total. The number of likely N-dealkylation sites (N-methyl/N-ethyl adjacent to an activating group) is 1. The molecule has 1 saturated heterocycles. The molecule has 2 unspecified atom stereocenters. The maximum absolute atomic E-state index is 13.0. The van der Waals surface area contributed by atoms with Gasteiger partial charge in [-0.25, -0.2) is 4.39 Å². The molecular weight excluding hydrogens is 279 g/mol. The van der Waals surface area contributed by atoms with E-state index in [0.717, 1.165) is 38.3 Å². The number of morpholine rings is 1. The number of hydrogen-bond donors (Lipinski definition) is 1. The van der Waals surface area contributed by atoms with E-state index < -0.39 is 0 Å². The quantitative estimate of drug-likeness (QED) is 0.905. The summed E-state index contributed by atoms with van der Waals surface area (Å²) in [5.74, 6) is -0.305. The first-order chi connectivity index (χ1) is 9.60. The van der Waals surface area contributed by atoms with E-state index in [2.05, 4.69) is 17.1 Å². The molecular formula is C15H22ClFN2O. The van der Waals surface area contributed by atoms with Crippen LogP contribution in [0.25, 0.3) is 0 Å². The van der Waals surface area contributed by atoms with Crippen molar-refractivity contribution in [3.8, 4) is 0 Å². The van der Waals surface area contributed by atoms with Crippen LogP contribution < -0.4 is 5.32 Å². The van der Waals surface area contributed by atoms with Crippen molar-refractivity contribution in [3.05, 3.63) is 34.6 Å². The molecule has 0 saturated carbocycles. The maximum Gasteiger partial charge on any atom is 0.124 e. The highest BCUT2D eigenvalue weighted by atomic mass is 35.5. The standard InChI is InChI=1S/C15H22ClFN2O/c1-3-19-6-7-20-13(10-19)9-18-11(2)14-5-4-12(17)8-15(14)16/h4-5,8,11,13,18H,3,6-7,9-10H2,1-2H3. The van der Waals surface area contributed by atoms with Crippen LogP contribution in [0.2, 0.25) is 5.02 Å². The van der Waals surface area contributed by atoms with Gasteiger partial charge in [0.05, 0.1) is 12.7 Å². The van der Waals surface area contributed by atoms with Crippen molar-refractivity contribution in [1.29, 1.82) is 0 Å². The minimum atomic E-state index is -0.305. The molecule has 1 aromatic rings. The largest absolute Gasteiger partial charge is 0.374 e. The molecule has 2 rings (SSSR count). The minimum Gasteiger partial charge on any atom is -0.374 e. The van der Waals surface area contributed by atoms with E-state index in [1.54, 1.807) is 6.07 Å². The average molecular weight is 301 g/mol. The van der Waals surface area contributed by atoms with Crippen molar-refractivity contribution in [2.75, 3.05) is 32.8 Å². The smallest absolute Gasteiger partial charge is 0.124 e. The number of hydrogen-bond acceptors (Lipinski definition) is 3. The van der Waals surface area contributed by atoms with Crippen molar-refractivity contribution >= 4 is 11.6 Å². The molecule has 0 aliphatic carbocycles. The Hall–Kier alpha value is -0.680. The Morgan fingerprint density at radius 2 is 2.35 bits per heavy atom. The van der Waals surface area contributed by atoms with Gasteiger partial charge in [-0.2, -0.15) is 0 Å². The molecule has 1 aromatic carbocycles. The van der Waals surface area contributed by atoms with E-state index in [4.69, 9.17) is 16.3 Å². The van der Waals surface area contributed by atoms with Crippen LogP contribution in [0.4, 0.5) is 4.39 Å². The van der Waals surface area contributed by atoms with Crippen LogP contribution in [0.1, 0.15) is 25.5 Å². The first-order valence-electron chi connectivity index (χ1n) is 7.12. The lowest BCUT2D eigenvalue weighted by Gasteiger charge is -2.32. The number of benzene rings is 1. The summed E-state index contributed by atoms with van der Waals surface area (Å²) in [7, 11) is 0. The van der Waals surface area contributed by atoms with Crippen molar-refractivity contribution in [1.82, 2.24) is 10.2 Å². The SMILES string of the molecule is CCN1CCOC(CNC(C)c2ccc(F)cc2Cl)C1. The molecule has 0 radical (unpaired) electrons. The molecule has 112 valence electrons. The second-order valence-electron chi connectivity index (χ2n) is 5.18. The lowest BCUT2D eigenvalue weighted by atomic mass is 10.1. The third kappa shape index (κ3) is 4.16. The van der Waals surface area contributed by atoms with Crippen molar-refractivity contribution < 1.29 is 9.13 Å². The van der Waals surface area contributed by atoms with E-state index >= 15 is 0 Å².